The average Bonchev–Trinajstić information content (AvgIpc) is 0.722. The van der Waals surface area contributed by atoms with Gasteiger partial charge in [-0.3, -0.25) is 0 Å². The summed E-state index contributed by atoms with van der Waals surface area (Å²) >= 11 is 0. The third-order valence-electron chi connectivity index (χ3n) is 0. The molecule has 0 bridgehead atoms. The standard InChI is InChI=1S/Ga.H3O4P.Zn.3H/c;1-5(2,3)4;;;;/h;(H3,1,2,3,4);;;;. The Morgan fingerprint density at radius 1 is 1.14 bits per heavy atom. The van der Waals surface area contributed by atoms with E-state index in [1.54, 1.807) is 0 Å². The second kappa shape index (κ2) is 5.51. The van der Waals surface area contributed by atoms with Crippen molar-refractivity contribution < 1.29 is 38.7 Å². The van der Waals surface area contributed by atoms with Crippen LogP contribution in [0.1, 0.15) is 0 Å². The van der Waals surface area contributed by atoms with Gasteiger partial charge in [0.1, 0.15) is 0 Å². The van der Waals surface area contributed by atoms with Crippen LogP contribution in [0.3, 0.4) is 0 Å². The molecule has 0 saturated carbocycles. The van der Waals surface area contributed by atoms with Gasteiger partial charge in [0.25, 0.3) is 0 Å². The molecular formula is H6GaO4PZn. The van der Waals surface area contributed by atoms with Gasteiger partial charge in [0.2, 0.25) is 0 Å². The van der Waals surface area contributed by atoms with Crippen molar-refractivity contribution in [2.75, 3.05) is 0 Å². The summed E-state index contributed by atoms with van der Waals surface area (Å²) in [5, 5.41) is 0. The first-order valence-electron chi connectivity index (χ1n) is 0.783. The second-order valence-corrected chi connectivity index (χ2v) is 1.54. The van der Waals surface area contributed by atoms with Crippen LogP contribution in [0.25, 0.3) is 0 Å². The molecule has 7 heavy (non-hydrogen) atoms. The summed E-state index contributed by atoms with van der Waals surface area (Å²) in [7, 11) is -4.64. The van der Waals surface area contributed by atoms with Gasteiger partial charge >= 0.3 is 27.6 Å². The first-order chi connectivity index (χ1) is 2.00. The van der Waals surface area contributed by atoms with Crippen LogP contribution >= 0.6 is 7.82 Å². The first-order valence-corrected chi connectivity index (χ1v) is 2.35. The van der Waals surface area contributed by atoms with E-state index in [2.05, 4.69) is 0 Å². The van der Waals surface area contributed by atoms with Crippen LogP contribution in [0.4, 0.5) is 0 Å². The van der Waals surface area contributed by atoms with Gasteiger partial charge in [0, 0.05) is 19.5 Å². The van der Waals surface area contributed by atoms with Gasteiger partial charge < -0.3 is 14.7 Å². The summed E-state index contributed by atoms with van der Waals surface area (Å²) in [4.78, 5) is 21.6. The molecule has 0 amide bonds. The molecular weight excluding hydrogens is 230 g/mol. The van der Waals surface area contributed by atoms with Crippen molar-refractivity contribution in [3.8, 4) is 0 Å². The average molecular weight is 236 g/mol. The van der Waals surface area contributed by atoms with E-state index < -0.39 is 7.82 Å². The van der Waals surface area contributed by atoms with E-state index >= 15 is 0 Å². The summed E-state index contributed by atoms with van der Waals surface area (Å²) in [5.74, 6) is 0. The normalized spacial score (nSPS) is 8.43. The monoisotopic (exact) mass is 234 g/mol. The van der Waals surface area contributed by atoms with Crippen LogP contribution < -0.4 is 0 Å². The quantitative estimate of drug-likeness (QED) is 0.332. The maximum Gasteiger partial charge on any atom is 0 e. The van der Waals surface area contributed by atoms with Crippen LogP contribution in [0.15, 0.2) is 0 Å². The van der Waals surface area contributed by atoms with Crippen molar-refractivity contribution >= 4 is 27.6 Å². The molecule has 0 fully saturated rings. The molecule has 0 aromatic rings. The Labute approximate surface area is 66.4 Å². The molecule has 0 spiro atoms. The molecule has 0 aromatic carbocycles. The summed E-state index contributed by atoms with van der Waals surface area (Å²) in [5.41, 5.74) is 0. The van der Waals surface area contributed by atoms with Crippen molar-refractivity contribution in [1.82, 2.24) is 0 Å². The maximum atomic E-state index is 8.88. The zero-order valence-corrected chi connectivity index (χ0v) is 6.77. The van der Waals surface area contributed by atoms with E-state index in [-0.39, 0.29) is 39.3 Å². The smallest absolute Gasteiger partial charge is 0 e. The number of phosphoric acid groups is 1. The van der Waals surface area contributed by atoms with Crippen molar-refractivity contribution in [3.05, 3.63) is 0 Å². The maximum absolute atomic E-state index is 8.88. The number of hydrogen-bond donors (Lipinski definition) is 3. The Morgan fingerprint density at radius 3 is 1.14 bits per heavy atom. The molecule has 0 aliphatic heterocycles. The van der Waals surface area contributed by atoms with Gasteiger partial charge in [0.05, 0.1) is 0 Å². The van der Waals surface area contributed by atoms with Gasteiger partial charge in [-0.25, -0.2) is 4.57 Å². The SMILES string of the molecule is O=P(O)(O)O.[GaH3].[Zn]. The van der Waals surface area contributed by atoms with Crippen LogP contribution in [0.2, 0.25) is 0 Å². The Balaban J connectivity index is -0.0000000800. The van der Waals surface area contributed by atoms with Gasteiger partial charge in [0.15, 0.2) is 0 Å². The van der Waals surface area contributed by atoms with Crippen LogP contribution in [-0.4, -0.2) is 34.5 Å². The molecule has 0 unspecified atom stereocenters. The van der Waals surface area contributed by atoms with E-state index in [4.69, 9.17) is 19.2 Å². The molecule has 0 rings (SSSR count). The predicted octanol–water partition coefficient (Wildman–Crippen LogP) is -2.12. The van der Waals surface area contributed by atoms with Crippen LogP contribution in [0.5, 0.6) is 0 Å². The van der Waals surface area contributed by atoms with Gasteiger partial charge in [-0.05, 0) is 0 Å². The van der Waals surface area contributed by atoms with Gasteiger partial charge in [-0.1, -0.05) is 0 Å². The third kappa shape index (κ3) is 113. The number of rotatable bonds is 0. The first kappa shape index (κ1) is 15.8. The Hall–Kier alpha value is 1.37. The zero-order valence-electron chi connectivity index (χ0n) is 2.90. The molecule has 0 radical (unpaired) electrons. The van der Waals surface area contributed by atoms with E-state index in [1.807, 2.05) is 0 Å². The fourth-order valence-electron chi connectivity index (χ4n) is 0. The minimum Gasteiger partial charge on any atom is 0 e. The molecule has 0 aromatic heterocycles. The van der Waals surface area contributed by atoms with Crippen molar-refractivity contribution in [1.29, 1.82) is 0 Å². The molecule has 0 aliphatic carbocycles. The van der Waals surface area contributed by atoms with E-state index in [0.717, 1.165) is 0 Å². The minimum absolute atomic E-state index is 0. The fourth-order valence-corrected chi connectivity index (χ4v) is 0. The van der Waals surface area contributed by atoms with Gasteiger partial charge in [-0.2, -0.15) is 0 Å². The fraction of sp³-hybridized carbons (Fsp3) is 0. The van der Waals surface area contributed by atoms with Crippen LogP contribution in [0, 0.1) is 0 Å². The molecule has 0 atom stereocenters. The van der Waals surface area contributed by atoms with Crippen molar-refractivity contribution in [3.63, 3.8) is 0 Å². The largest absolute Gasteiger partial charge is 0 e. The summed E-state index contributed by atoms with van der Waals surface area (Å²) in [6, 6.07) is 0. The molecule has 4 nitrogen and oxygen atoms in total. The molecule has 40 valence electrons. The molecule has 0 heterocycles. The number of hydrogen-bond acceptors (Lipinski definition) is 1. The second-order valence-electron chi connectivity index (χ2n) is 0.513. The van der Waals surface area contributed by atoms with Crippen LogP contribution in [-0.2, 0) is 24.0 Å². The summed E-state index contributed by atoms with van der Waals surface area (Å²) in [6.07, 6.45) is 0. The minimum atomic E-state index is -4.64. The Bertz CT molecular complexity index is 57.8. The third-order valence-corrected chi connectivity index (χ3v) is 0. The van der Waals surface area contributed by atoms with E-state index in [9.17, 15) is 0 Å². The predicted molar refractivity (Wildman–Crippen MR) is 24.2 cm³/mol. The molecule has 0 aliphatic rings. The van der Waals surface area contributed by atoms with E-state index in [0.29, 0.717) is 0 Å². The molecule has 0 saturated heterocycles. The molecule has 7 heteroatoms. The summed E-state index contributed by atoms with van der Waals surface area (Å²) in [6.45, 7) is 0. The van der Waals surface area contributed by atoms with E-state index in [1.165, 1.54) is 0 Å². The Kier molecular flexibility index (Phi) is 12.4. The Morgan fingerprint density at radius 2 is 1.14 bits per heavy atom. The summed E-state index contributed by atoms with van der Waals surface area (Å²) < 4.78 is 8.88. The van der Waals surface area contributed by atoms with Crippen molar-refractivity contribution in [2.24, 2.45) is 0 Å². The zero-order chi connectivity index (χ0) is 4.50. The van der Waals surface area contributed by atoms with Crippen molar-refractivity contribution in [2.45, 2.75) is 0 Å². The van der Waals surface area contributed by atoms with Gasteiger partial charge in [-0.15, -0.1) is 0 Å². The topological polar surface area (TPSA) is 77.8 Å². The molecule has 3 N–H and O–H groups in total.